The summed E-state index contributed by atoms with van der Waals surface area (Å²) in [6.07, 6.45) is 0. The van der Waals surface area contributed by atoms with Crippen molar-refractivity contribution in [1.29, 1.82) is 0 Å². The first-order valence-corrected chi connectivity index (χ1v) is 4.02. The Morgan fingerprint density at radius 3 is 1.40 bits per heavy atom. The van der Waals surface area contributed by atoms with Crippen LogP contribution in [0.4, 0.5) is 0 Å². The Hall–Kier alpha value is 2.22. The van der Waals surface area contributed by atoms with Crippen LogP contribution in [0.5, 0.6) is 0 Å². The maximum Gasteiger partial charge on any atom is 0.456 e. The van der Waals surface area contributed by atoms with E-state index in [-0.39, 0.29) is 108 Å². The first-order valence-electron chi connectivity index (χ1n) is 1.68. The van der Waals surface area contributed by atoms with Gasteiger partial charge < -0.3 is 31.9 Å². The summed E-state index contributed by atoms with van der Waals surface area (Å²) >= 11 is -3.18. The van der Waals surface area contributed by atoms with Crippen molar-refractivity contribution in [3.63, 3.8) is 0 Å². The van der Waals surface area contributed by atoms with Crippen molar-refractivity contribution in [1.82, 2.24) is 0 Å². The zero-order valence-corrected chi connectivity index (χ0v) is 16.0. The predicted molar refractivity (Wildman–Crippen MR) is 48.6 cm³/mol. The summed E-state index contributed by atoms with van der Waals surface area (Å²) in [5, 5.41) is 10.0. The summed E-state index contributed by atoms with van der Waals surface area (Å²) in [4.78, 5) is 0. The number of rotatable bonds is 5. The Morgan fingerprint density at radius 1 is 0.900 bits per heavy atom. The third-order valence-corrected chi connectivity index (χ3v) is 1.01. The SMILES string of the molecule is O.O.O.O.O.O=S([O-])OOS(=O)(=O)OOO.[Fe].[Fe].[Fe].[Na]. The fourth-order valence-electron chi connectivity index (χ4n) is 0.105. The second-order valence-corrected chi connectivity index (χ2v) is 2.52. The van der Waals surface area contributed by atoms with Crippen LogP contribution in [0.1, 0.15) is 0 Å². The van der Waals surface area contributed by atoms with Gasteiger partial charge in [-0.2, -0.15) is 8.42 Å². The Morgan fingerprint density at radius 2 is 1.20 bits per heavy atom. The largest absolute Gasteiger partial charge is 0.747 e. The molecule has 11 N–H and O–H groups in total. The zero-order valence-electron chi connectivity index (χ0n) is 9.09. The van der Waals surface area contributed by atoms with E-state index in [9.17, 15) is 17.2 Å². The minimum absolute atomic E-state index is 0. The van der Waals surface area contributed by atoms with Gasteiger partial charge in [-0.05, 0) is 0 Å². The van der Waals surface area contributed by atoms with Crippen LogP contribution in [0, 0.1) is 0 Å². The molecule has 14 nitrogen and oxygen atoms in total. The standard InChI is InChI=1S/3Fe.Na.H2O9S2.5H2O/c;;;;1-6-8-11(4,5)9-7-10(2)3;;;;;/h;;;;1H,(H,2,3);5*1H2/p-1. The minimum atomic E-state index is -4.81. The van der Waals surface area contributed by atoms with Crippen molar-refractivity contribution in [2.24, 2.45) is 0 Å². The van der Waals surface area contributed by atoms with Gasteiger partial charge in [0, 0.05) is 80.8 Å². The van der Waals surface area contributed by atoms with E-state index in [4.69, 9.17) is 5.26 Å². The van der Waals surface area contributed by atoms with E-state index >= 15 is 0 Å². The molecule has 0 aliphatic carbocycles. The fraction of sp³-hybridized carbons (Fsp3) is 0. The van der Waals surface area contributed by atoms with Crippen LogP contribution in [-0.4, -0.2) is 79.4 Å². The van der Waals surface area contributed by atoms with Gasteiger partial charge in [0.1, 0.15) is 11.4 Å². The van der Waals surface area contributed by atoms with Crippen molar-refractivity contribution >= 4 is 51.3 Å². The smallest absolute Gasteiger partial charge is 0.456 e. The van der Waals surface area contributed by atoms with Gasteiger partial charge in [0.05, 0.1) is 0 Å². The molecule has 0 saturated carbocycles. The molecule has 20 heteroatoms. The van der Waals surface area contributed by atoms with E-state index in [0.29, 0.717) is 0 Å². The van der Waals surface area contributed by atoms with E-state index in [0.717, 1.165) is 0 Å². The summed E-state index contributed by atoms with van der Waals surface area (Å²) < 4.78 is 48.1. The van der Waals surface area contributed by atoms with E-state index < -0.39 is 21.8 Å². The number of hydrogen-bond donors (Lipinski definition) is 1. The topological polar surface area (TPSA) is 289 Å². The summed E-state index contributed by atoms with van der Waals surface area (Å²) in [6, 6.07) is 0. The Bertz CT molecular complexity index is 229. The van der Waals surface area contributed by atoms with Gasteiger partial charge in [0.25, 0.3) is 0 Å². The van der Waals surface area contributed by atoms with Gasteiger partial charge in [0.2, 0.25) is 0 Å². The maximum atomic E-state index is 10.0. The molecule has 0 aliphatic heterocycles. The molecular formula is H11Fe3NaO14S2-. The molecule has 0 heterocycles. The van der Waals surface area contributed by atoms with E-state index in [1.807, 2.05) is 0 Å². The molecule has 0 amide bonds. The van der Waals surface area contributed by atoms with Crippen LogP contribution in [0.15, 0.2) is 0 Å². The first kappa shape index (κ1) is 67.0. The monoisotopic (exact) mass is 490 g/mol. The predicted octanol–water partition coefficient (Wildman–Crippen LogP) is -6.12. The third kappa shape index (κ3) is 50.0. The average Bonchev–Trinajstić information content (AvgIpc) is 1.84. The van der Waals surface area contributed by atoms with E-state index in [1.54, 1.807) is 0 Å². The molecule has 1 atom stereocenters. The van der Waals surface area contributed by atoms with Crippen LogP contribution in [-0.2, 0) is 91.0 Å². The number of hydrogen-bond acceptors (Lipinski definition) is 9. The van der Waals surface area contributed by atoms with Gasteiger partial charge in [-0.25, -0.2) is 9.47 Å². The first-order chi connectivity index (χ1) is 4.98. The Kier molecular flexibility index (Phi) is 125. The minimum Gasteiger partial charge on any atom is -0.747 e. The molecule has 1 unspecified atom stereocenters. The molecule has 0 spiro atoms. The van der Waals surface area contributed by atoms with Crippen LogP contribution in [0.2, 0.25) is 0 Å². The van der Waals surface area contributed by atoms with E-state index in [2.05, 4.69) is 18.0 Å². The van der Waals surface area contributed by atoms with Crippen molar-refractivity contribution in [2.45, 2.75) is 0 Å². The van der Waals surface area contributed by atoms with Crippen LogP contribution in [0.25, 0.3) is 0 Å². The molecule has 0 aliphatic rings. The zero-order chi connectivity index (χ0) is 8.91. The summed E-state index contributed by atoms with van der Waals surface area (Å²) in [5.41, 5.74) is 0. The van der Waals surface area contributed by atoms with Crippen LogP contribution in [0.3, 0.4) is 0 Å². The van der Waals surface area contributed by atoms with Crippen molar-refractivity contribution in [3.8, 4) is 0 Å². The second kappa shape index (κ2) is 37.5. The van der Waals surface area contributed by atoms with Gasteiger partial charge in [-0.15, -0.1) is 4.33 Å². The molecule has 0 aromatic carbocycles. The normalized spacial score (nSPS) is 8.10. The Balaban J connectivity index is -0.0000000139. The summed E-state index contributed by atoms with van der Waals surface area (Å²) in [7, 11) is -4.81. The summed E-state index contributed by atoms with van der Waals surface area (Å²) in [5.74, 6) is 0. The van der Waals surface area contributed by atoms with Gasteiger partial charge >= 0.3 is 10.4 Å². The summed E-state index contributed by atoms with van der Waals surface area (Å²) in [6.45, 7) is 0. The van der Waals surface area contributed by atoms with Crippen LogP contribution >= 0.6 is 0 Å². The molecule has 0 aromatic heterocycles. The van der Waals surface area contributed by atoms with Crippen LogP contribution < -0.4 is 0 Å². The van der Waals surface area contributed by atoms with Gasteiger partial charge in [-0.3, -0.25) is 0 Å². The van der Waals surface area contributed by atoms with Crippen molar-refractivity contribution in [2.75, 3.05) is 0 Å². The maximum absolute atomic E-state index is 10.0. The van der Waals surface area contributed by atoms with Crippen molar-refractivity contribution in [3.05, 3.63) is 0 Å². The second-order valence-electron chi connectivity index (χ2n) is 0.891. The molecule has 0 rings (SSSR count). The Labute approximate surface area is 169 Å². The molecule has 20 heavy (non-hydrogen) atoms. The molecular weight excluding hydrogens is 479 g/mol. The molecule has 1 radical (unpaired) electrons. The quantitative estimate of drug-likeness (QED) is 0.166. The molecule has 133 valence electrons. The fourth-order valence-corrected chi connectivity index (χ4v) is 0.656. The van der Waals surface area contributed by atoms with Gasteiger partial charge in [0.15, 0.2) is 0 Å². The molecule has 0 fully saturated rings. The molecule has 0 bridgehead atoms. The van der Waals surface area contributed by atoms with Gasteiger partial charge in [-0.1, -0.05) is 13.7 Å². The van der Waals surface area contributed by atoms with E-state index in [1.165, 1.54) is 0 Å². The average molecular weight is 490 g/mol. The third-order valence-electron chi connectivity index (χ3n) is 0.280. The molecule has 0 saturated heterocycles. The van der Waals surface area contributed by atoms with Crippen molar-refractivity contribution < 1.29 is 119 Å². The molecule has 0 aromatic rings.